The summed E-state index contributed by atoms with van der Waals surface area (Å²) in [6.45, 7) is 3.21. The summed E-state index contributed by atoms with van der Waals surface area (Å²) >= 11 is 1.94. The molecule has 1 aliphatic heterocycles. The summed E-state index contributed by atoms with van der Waals surface area (Å²) in [5.41, 5.74) is 0.943. The van der Waals surface area contributed by atoms with Gasteiger partial charge in [0, 0.05) is 35.5 Å². The SMILES string of the molecule is CCCNC1CSCC1c1nc(-c2ccncc2)no1. The lowest BCUT2D eigenvalue weighted by Crippen LogP contribution is -2.34. The molecular weight excluding hydrogens is 272 g/mol. The van der Waals surface area contributed by atoms with Crippen LogP contribution in [0.15, 0.2) is 29.0 Å². The molecule has 0 bridgehead atoms. The zero-order valence-electron chi connectivity index (χ0n) is 11.5. The average molecular weight is 290 g/mol. The predicted octanol–water partition coefficient (Wildman–Crippen LogP) is 2.33. The fourth-order valence-corrected chi connectivity index (χ4v) is 3.70. The Morgan fingerprint density at radius 1 is 1.35 bits per heavy atom. The van der Waals surface area contributed by atoms with Gasteiger partial charge in [-0.05, 0) is 25.1 Å². The quantitative estimate of drug-likeness (QED) is 0.912. The Bertz CT molecular complexity index is 545. The summed E-state index contributed by atoms with van der Waals surface area (Å²) in [6, 6.07) is 4.22. The van der Waals surface area contributed by atoms with Gasteiger partial charge in [-0.2, -0.15) is 16.7 Å². The second kappa shape index (κ2) is 6.37. The van der Waals surface area contributed by atoms with Crippen LogP contribution >= 0.6 is 11.8 Å². The lowest BCUT2D eigenvalue weighted by molar-refractivity contribution is 0.339. The Kier molecular flexibility index (Phi) is 4.32. The maximum Gasteiger partial charge on any atom is 0.232 e. The predicted molar refractivity (Wildman–Crippen MR) is 79.7 cm³/mol. The lowest BCUT2D eigenvalue weighted by Gasteiger charge is -2.16. The van der Waals surface area contributed by atoms with E-state index in [-0.39, 0.29) is 0 Å². The fraction of sp³-hybridized carbons (Fsp3) is 0.500. The molecule has 0 amide bonds. The molecule has 1 saturated heterocycles. The molecule has 3 rings (SSSR count). The fourth-order valence-electron chi connectivity index (χ4n) is 2.33. The van der Waals surface area contributed by atoms with E-state index in [0.29, 0.717) is 17.8 Å². The third-order valence-electron chi connectivity index (χ3n) is 3.43. The van der Waals surface area contributed by atoms with Crippen molar-refractivity contribution >= 4 is 11.8 Å². The van der Waals surface area contributed by atoms with E-state index in [1.165, 1.54) is 0 Å². The molecule has 0 radical (unpaired) electrons. The van der Waals surface area contributed by atoms with Gasteiger partial charge < -0.3 is 9.84 Å². The topological polar surface area (TPSA) is 63.8 Å². The first-order chi connectivity index (χ1) is 9.88. The van der Waals surface area contributed by atoms with Crippen LogP contribution in [0.5, 0.6) is 0 Å². The van der Waals surface area contributed by atoms with Crippen LogP contribution in [0.1, 0.15) is 25.2 Å². The highest BCUT2D eigenvalue weighted by Crippen LogP contribution is 2.32. The first-order valence-corrected chi connectivity index (χ1v) is 8.09. The molecule has 3 heterocycles. The number of nitrogens with zero attached hydrogens (tertiary/aromatic N) is 3. The highest BCUT2D eigenvalue weighted by atomic mass is 32.2. The van der Waals surface area contributed by atoms with Crippen LogP contribution in [-0.2, 0) is 0 Å². The van der Waals surface area contributed by atoms with Crippen molar-refractivity contribution in [2.24, 2.45) is 0 Å². The van der Waals surface area contributed by atoms with Gasteiger partial charge in [0.15, 0.2) is 0 Å². The smallest absolute Gasteiger partial charge is 0.232 e. The molecule has 6 heteroatoms. The summed E-state index contributed by atoms with van der Waals surface area (Å²) in [4.78, 5) is 8.56. The molecule has 5 nitrogen and oxygen atoms in total. The second-order valence-corrected chi connectivity index (χ2v) is 5.97. The molecule has 0 aromatic carbocycles. The van der Waals surface area contributed by atoms with Gasteiger partial charge in [-0.3, -0.25) is 4.98 Å². The highest BCUT2D eigenvalue weighted by Gasteiger charge is 2.33. The monoisotopic (exact) mass is 290 g/mol. The number of rotatable bonds is 5. The average Bonchev–Trinajstić information content (AvgIpc) is 3.14. The van der Waals surface area contributed by atoms with Gasteiger partial charge in [-0.15, -0.1) is 0 Å². The molecular formula is C14H18N4OS. The molecule has 1 aliphatic rings. The number of hydrogen-bond donors (Lipinski definition) is 1. The molecule has 106 valence electrons. The normalized spacial score (nSPS) is 22.2. The molecule has 2 atom stereocenters. The van der Waals surface area contributed by atoms with Crippen LogP contribution < -0.4 is 5.32 Å². The van der Waals surface area contributed by atoms with Crippen LogP contribution in [0.25, 0.3) is 11.4 Å². The first kappa shape index (κ1) is 13.6. The van der Waals surface area contributed by atoms with Crippen molar-refractivity contribution in [2.75, 3.05) is 18.1 Å². The van der Waals surface area contributed by atoms with Gasteiger partial charge in [0.25, 0.3) is 0 Å². The zero-order chi connectivity index (χ0) is 13.8. The van der Waals surface area contributed by atoms with E-state index >= 15 is 0 Å². The maximum absolute atomic E-state index is 5.48. The number of pyridine rings is 1. The minimum absolute atomic E-state index is 0.314. The van der Waals surface area contributed by atoms with Gasteiger partial charge in [0.2, 0.25) is 11.7 Å². The van der Waals surface area contributed by atoms with Crippen molar-refractivity contribution in [3.63, 3.8) is 0 Å². The van der Waals surface area contributed by atoms with Gasteiger partial charge in [0.1, 0.15) is 0 Å². The molecule has 1 N–H and O–H groups in total. The summed E-state index contributed by atoms with van der Waals surface area (Å²) in [5.74, 6) is 3.86. The van der Waals surface area contributed by atoms with Crippen molar-refractivity contribution in [3.8, 4) is 11.4 Å². The van der Waals surface area contributed by atoms with Crippen molar-refractivity contribution in [3.05, 3.63) is 30.4 Å². The van der Waals surface area contributed by atoms with Crippen molar-refractivity contribution in [1.29, 1.82) is 0 Å². The Labute approximate surface area is 122 Å². The van der Waals surface area contributed by atoms with Crippen LogP contribution in [0.3, 0.4) is 0 Å². The molecule has 2 aromatic heterocycles. The van der Waals surface area contributed by atoms with Gasteiger partial charge in [-0.25, -0.2) is 0 Å². The van der Waals surface area contributed by atoms with E-state index in [0.717, 1.165) is 35.9 Å². The minimum Gasteiger partial charge on any atom is -0.339 e. The molecule has 20 heavy (non-hydrogen) atoms. The maximum atomic E-state index is 5.48. The molecule has 0 saturated carbocycles. The standard InChI is InChI=1S/C14H18N4OS/c1-2-5-16-12-9-20-8-11(12)14-17-13(18-19-14)10-3-6-15-7-4-10/h3-4,6-7,11-12,16H,2,5,8-9H2,1H3. The first-order valence-electron chi connectivity index (χ1n) is 6.93. The summed E-state index contributed by atoms with van der Waals surface area (Å²) in [5, 5.41) is 7.67. The Morgan fingerprint density at radius 3 is 3.00 bits per heavy atom. The van der Waals surface area contributed by atoms with Crippen molar-refractivity contribution in [1.82, 2.24) is 20.4 Å². The minimum atomic E-state index is 0.314. The number of thioether (sulfide) groups is 1. The summed E-state index contributed by atoms with van der Waals surface area (Å²) in [6.07, 6.45) is 4.62. The van der Waals surface area contributed by atoms with E-state index in [4.69, 9.17) is 4.52 Å². The second-order valence-electron chi connectivity index (χ2n) is 4.90. The van der Waals surface area contributed by atoms with Crippen LogP contribution in [0, 0.1) is 0 Å². The molecule has 1 fully saturated rings. The number of nitrogens with one attached hydrogen (secondary N) is 1. The Morgan fingerprint density at radius 2 is 2.20 bits per heavy atom. The van der Waals surface area contributed by atoms with Gasteiger partial charge >= 0.3 is 0 Å². The Balaban J connectivity index is 1.76. The van der Waals surface area contributed by atoms with Crippen LogP contribution in [-0.4, -0.2) is 39.2 Å². The van der Waals surface area contributed by atoms with E-state index in [2.05, 4.69) is 27.4 Å². The van der Waals surface area contributed by atoms with Gasteiger partial charge in [-0.1, -0.05) is 12.1 Å². The number of aromatic nitrogens is 3. The number of hydrogen-bond acceptors (Lipinski definition) is 6. The summed E-state index contributed by atoms with van der Waals surface area (Å²) < 4.78 is 5.48. The third kappa shape index (κ3) is 2.86. The largest absolute Gasteiger partial charge is 0.339 e. The lowest BCUT2D eigenvalue weighted by atomic mass is 10.0. The van der Waals surface area contributed by atoms with Crippen LogP contribution in [0.2, 0.25) is 0 Å². The summed E-state index contributed by atoms with van der Waals surface area (Å²) in [7, 11) is 0. The van der Waals surface area contributed by atoms with Gasteiger partial charge in [0.05, 0.1) is 5.92 Å². The third-order valence-corrected chi connectivity index (χ3v) is 4.62. The molecule has 0 spiro atoms. The van der Waals surface area contributed by atoms with E-state index < -0.39 is 0 Å². The molecule has 0 aliphatic carbocycles. The molecule has 2 aromatic rings. The van der Waals surface area contributed by atoms with E-state index in [1.54, 1.807) is 12.4 Å². The zero-order valence-corrected chi connectivity index (χ0v) is 12.3. The van der Waals surface area contributed by atoms with Crippen molar-refractivity contribution < 1.29 is 4.52 Å². The van der Waals surface area contributed by atoms with E-state index in [9.17, 15) is 0 Å². The Hall–Kier alpha value is -1.40. The highest BCUT2D eigenvalue weighted by molar-refractivity contribution is 7.99. The van der Waals surface area contributed by atoms with E-state index in [1.807, 2.05) is 23.9 Å². The van der Waals surface area contributed by atoms with Crippen molar-refractivity contribution in [2.45, 2.75) is 25.3 Å². The molecule has 2 unspecified atom stereocenters. The van der Waals surface area contributed by atoms with Crippen LogP contribution in [0.4, 0.5) is 0 Å².